The highest BCUT2D eigenvalue weighted by atomic mass is 19.4. The minimum atomic E-state index is -5.01. The second-order valence-electron chi connectivity index (χ2n) is 5.45. The second kappa shape index (κ2) is 7.02. The van der Waals surface area contributed by atoms with Crippen molar-refractivity contribution in [3.8, 4) is 22.8 Å². The molecule has 0 saturated heterocycles. The molecular formula is C18H7F7O3. The summed E-state index contributed by atoms with van der Waals surface area (Å²) in [5, 5.41) is 0. The molecule has 0 atom stereocenters. The molecule has 0 aliphatic rings. The molecule has 146 valence electrons. The number of hydrogen-bond acceptors (Lipinski definition) is 3. The van der Waals surface area contributed by atoms with E-state index in [9.17, 15) is 35.5 Å². The first-order valence-electron chi connectivity index (χ1n) is 7.38. The van der Waals surface area contributed by atoms with Gasteiger partial charge in [-0.3, -0.25) is 4.79 Å². The molecule has 0 N–H and O–H groups in total. The van der Waals surface area contributed by atoms with Gasteiger partial charge in [-0.2, -0.15) is 13.2 Å². The average Bonchev–Trinajstić information content (AvgIpc) is 3.07. The summed E-state index contributed by atoms with van der Waals surface area (Å²) in [6.07, 6.45) is -4.68. The predicted molar refractivity (Wildman–Crippen MR) is 80.9 cm³/mol. The lowest BCUT2D eigenvalue weighted by Crippen LogP contribution is -2.07. The molecule has 3 rings (SSSR count). The van der Waals surface area contributed by atoms with Crippen LogP contribution in [0.4, 0.5) is 30.7 Å². The quantitative estimate of drug-likeness (QED) is 0.388. The normalized spacial score (nSPS) is 11.5. The highest BCUT2D eigenvalue weighted by Gasteiger charge is 2.33. The minimum Gasteiger partial charge on any atom is -0.453 e. The fourth-order valence-corrected chi connectivity index (χ4v) is 2.29. The third-order valence-electron chi connectivity index (χ3n) is 3.57. The third kappa shape index (κ3) is 3.71. The topological polar surface area (TPSA) is 39.4 Å². The van der Waals surface area contributed by atoms with Crippen molar-refractivity contribution < 1.29 is 44.7 Å². The van der Waals surface area contributed by atoms with E-state index in [2.05, 4.69) is 0 Å². The summed E-state index contributed by atoms with van der Waals surface area (Å²) in [5.41, 5.74) is -2.01. The molecule has 3 aromatic rings. The molecule has 2 aromatic carbocycles. The number of furan rings is 1. The first kappa shape index (κ1) is 19.5. The van der Waals surface area contributed by atoms with Gasteiger partial charge in [-0.05, 0) is 30.3 Å². The number of ether oxygens (including phenoxy) is 1. The molecule has 0 saturated carbocycles. The van der Waals surface area contributed by atoms with E-state index in [-0.39, 0.29) is 23.7 Å². The van der Waals surface area contributed by atoms with Gasteiger partial charge in [0.05, 0.1) is 11.1 Å². The molecular weight excluding hydrogens is 397 g/mol. The Hall–Kier alpha value is -3.30. The highest BCUT2D eigenvalue weighted by Crippen LogP contribution is 2.38. The van der Waals surface area contributed by atoms with Gasteiger partial charge in [-0.15, -0.1) is 0 Å². The largest absolute Gasteiger partial charge is 0.453 e. The Kier molecular flexibility index (Phi) is 4.88. The van der Waals surface area contributed by atoms with Gasteiger partial charge in [-0.1, -0.05) is 0 Å². The Morgan fingerprint density at radius 2 is 1.50 bits per heavy atom. The molecule has 0 amide bonds. The highest BCUT2D eigenvalue weighted by molar-refractivity contribution is 5.73. The van der Waals surface area contributed by atoms with Gasteiger partial charge in [0.15, 0.2) is 41.0 Å². The van der Waals surface area contributed by atoms with Crippen molar-refractivity contribution in [1.29, 1.82) is 0 Å². The molecule has 1 heterocycles. The SMILES string of the molecule is O=Cc1ccc(-c2cc(Oc3c(F)cc(C(F)(F)F)cc3F)c(F)cc2F)o1. The molecule has 10 heteroatoms. The maximum Gasteiger partial charge on any atom is 0.416 e. The fraction of sp³-hybridized carbons (Fsp3) is 0.0556. The lowest BCUT2D eigenvalue weighted by atomic mass is 10.1. The van der Waals surface area contributed by atoms with Gasteiger partial charge < -0.3 is 9.15 Å². The standard InChI is InChI=1S/C18H7F7O3/c19-11-6-12(20)16(5-10(11)15-2-1-9(7-26)27-15)28-17-13(21)3-8(4-14(17)22)18(23,24)25/h1-7H. The maximum absolute atomic E-state index is 14.0. The monoisotopic (exact) mass is 404 g/mol. The van der Waals surface area contributed by atoms with Gasteiger partial charge in [0.2, 0.25) is 0 Å². The first-order chi connectivity index (χ1) is 13.1. The Morgan fingerprint density at radius 1 is 0.857 bits per heavy atom. The van der Waals surface area contributed by atoms with Crippen molar-refractivity contribution in [1.82, 2.24) is 0 Å². The molecule has 1 aromatic heterocycles. The van der Waals surface area contributed by atoms with Gasteiger partial charge in [0.25, 0.3) is 0 Å². The lowest BCUT2D eigenvalue weighted by Gasteiger charge is -2.13. The van der Waals surface area contributed by atoms with Crippen LogP contribution in [-0.4, -0.2) is 6.29 Å². The maximum atomic E-state index is 14.0. The minimum absolute atomic E-state index is 0.0242. The van der Waals surface area contributed by atoms with Crippen LogP contribution in [0.2, 0.25) is 0 Å². The van der Waals surface area contributed by atoms with Gasteiger partial charge in [0, 0.05) is 6.07 Å². The average molecular weight is 404 g/mol. The van der Waals surface area contributed by atoms with Crippen molar-refractivity contribution in [3.05, 3.63) is 71.0 Å². The zero-order valence-electron chi connectivity index (χ0n) is 13.4. The zero-order valence-corrected chi connectivity index (χ0v) is 13.4. The van der Waals surface area contributed by atoms with E-state index in [0.29, 0.717) is 18.4 Å². The number of carbonyl (C=O) groups excluding carboxylic acids is 1. The van der Waals surface area contributed by atoms with E-state index in [1.54, 1.807) is 0 Å². The number of benzene rings is 2. The van der Waals surface area contributed by atoms with Crippen LogP contribution in [0.25, 0.3) is 11.3 Å². The van der Waals surface area contributed by atoms with Crippen LogP contribution in [0.3, 0.4) is 0 Å². The van der Waals surface area contributed by atoms with Crippen LogP contribution in [0, 0.1) is 23.3 Å². The molecule has 0 aliphatic carbocycles. The van der Waals surface area contributed by atoms with Crippen LogP contribution in [0.1, 0.15) is 16.1 Å². The van der Waals surface area contributed by atoms with Gasteiger partial charge >= 0.3 is 6.18 Å². The van der Waals surface area contributed by atoms with Crippen molar-refractivity contribution in [2.24, 2.45) is 0 Å². The fourth-order valence-electron chi connectivity index (χ4n) is 2.29. The molecule has 0 unspecified atom stereocenters. The van der Waals surface area contributed by atoms with Crippen LogP contribution < -0.4 is 4.74 Å². The van der Waals surface area contributed by atoms with E-state index in [1.807, 2.05) is 0 Å². The second-order valence-corrected chi connectivity index (χ2v) is 5.45. The van der Waals surface area contributed by atoms with E-state index in [1.165, 1.54) is 12.1 Å². The van der Waals surface area contributed by atoms with E-state index in [4.69, 9.17) is 9.15 Å². The van der Waals surface area contributed by atoms with Crippen molar-refractivity contribution in [3.63, 3.8) is 0 Å². The molecule has 28 heavy (non-hydrogen) atoms. The number of hydrogen-bond donors (Lipinski definition) is 0. The van der Waals surface area contributed by atoms with Crippen molar-refractivity contribution in [2.75, 3.05) is 0 Å². The molecule has 0 aliphatic heterocycles. The Bertz CT molecular complexity index is 1030. The molecule has 0 spiro atoms. The van der Waals surface area contributed by atoms with E-state index < -0.39 is 52.1 Å². The zero-order chi connectivity index (χ0) is 20.6. The van der Waals surface area contributed by atoms with Crippen LogP contribution in [0.5, 0.6) is 11.5 Å². The summed E-state index contributed by atoms with van der Waals surface area (Å²) >= 11 is 0. The van der Waals surface area contributed by atoms with Crippen molar-refractivity contribution >= 4 is 6.29 Å². The van der Waals surface area contributed by atoms with Crippen LogP contribution >= 0.6 is 0 Å². The Balaban J connectivity index is 2.03. The van der Waals surface area contributed by atoms with Crippen LogP contribution in [0.15, 0.2) is 40.8 Å². The molecule has 0 fully saturated rings. The summed E-state index contributed by atoms with van der Waals surface area (Å²) in [6.45, 7) is 0. The molecule has 0 radical (unpaired) electrons. The first-order valence-corrected chi connectivity index (χ1v) is 7.38. The van der Waals surface area contributed by atoms with Crippen LogP contribution in [-0.2, 0) is 6.18 Å². The van der Waals surface area contributed by atoms with Gasteiger partial charge in [-0.25, -0.2) is 17.6 Å². The Morgan fingerprint density at radius 3 is 2.04 bits per heavy atom. The molecule has 0 bridgehead atoms. The summed E-state index contributed by atoms with van der Waals surface area (Å²) in [6, 6.07) is 3.35. The number of alkyl halides is 3. The summed E-state index contributed by atoms with van der Waals surface area (Å²) in [4.78, 5) is 10.6. The summed E-state index contributed by atoms with van der Waals surface area (Å²) in [7, 11) is 0. The molecule has 3 nitrogen and oxygen atoms in total. The van der Waals surface area contributed by atoms with Crippen molar-refractivity contribution in [2.45, 2.75) is 6.18 Å². The number of rotatable bonds is 4. The number of halogens is 7. The Labute approximate surface area is 152 Å². The van der Waals surface area contributed by atoms with Gasteiger partial charge in [0.1, 0.15) is 11.6 Å². The number of aldehydes is 1. The van der Waals surface area contributed by atoms with E-state index in [0.717, 1.165) is 0 Å². The summed E-state index contributed by atoms with van der Waals surface area (Å²) < 4.78 is 103. The van der Waals surface area contributed by atoms with E-state index >= 15 is 0 Å². The smallest absolute Gasteiger partial charge is 0.416 e. The third-order valence-corrected chi connectivity index (χ3v) is 3.57. The predicted octanol–water partition coefficient (Wildman–Crippen LogP) is 6.13. The number of carbonyl (C=O) groups is 1. The summed E-state index contributed by atoms with van der Waals surface area (Å²) in [5.74, 6) is -8.54. The lowest BCUT2D eigenvalue weighted by molar-refractivity contribution is -0.138.